The van der Waals surface area contributed by atoms with Crippen LogP contribution in [0.2, 0.25) is 0 Å². The molecule has 1 fully saturated rings. The number of likely N-dealkylation sites (tertiary alicyclic amines) is 1. The summed E-state index contributed by atoms with van der Waals surface area (Å²) in [6, 6.07) is 5.54. The van der Waals surface area contributed by atoms with Crippen LogP contribution < -0.4 is 5.32 Å². The Kier molecular flexibility index (Phi) is 4.81. The Bertz CT molecular complexity index is 383. The fourth-order valence-electron chi connectivity index (χ4n) is 2.78. The Balaban J connectivity index is 2.01. The summed E-state index contributed by atoms with van der Waals surface area (Å²) in [6.45, 7) is 11.2. The number of hydrogen-bond donors (Lipinski definition) is 1. The van der Waals surface area contributed by atoms with Crippen molar-refractivity contribution in [1.82, 2.24) is 9.88 Å². The van der Waals surface area contributed by atoms with Crippen molar-refractivity contribution in [2.75, 3.05) is 18.4 Å². The van der Waals surface area contributed by atoms with Crippen LogP contribution in [0.15, 0.2) is 18.3 Å². The predicted molar refractivity (Wildman–Crippen MR) is 81.4 cm³/mol. The molecule has 1 aliphatic heterocycles. The first-order valence-corrected chi connectivity index (χ1v) is 7.53. The fourth-order valence-corrected chi connectivity index (χ4v) is 2.78. The van der Waals surface area contributed by atoms with E-state index < -0.39 is 0 Å². The summed E-state index contributed by atoms with van der Waals surface area (Å²) < 4.78 is 0. The molecule has 1 atom stereocenters. The number of nitrogens with zero attached hydrogens (tertiary/aromatic N) is 2. The van der Waals surface area contributed by atoms with Gasteiger partial charge in [-0.2, -0.15) is 0 Å². The van der Waals surface area contributed by atoms with Gasteiger partial charge in [-0.25, -0.2) is 4.98 Å². The summed E-state index contributed by atoms with van der Waals surface area (Å²) in [7, 11) is 0. The van der Waals surface area contributed by atoms with Crippen LogP contribution in [0.1, 0.15) is 52.1 Å². The maximum Gasteiger partial charge on any atom is 0.125 e. The lowest BCUT2D eigenvalue weighted by atomic mass is 10.1. The van der Waals surface area contributed by atoms with Crippen LogP contribution in [0, 0.1) is 5.92 Å². The lowest BCUT2D eigenvalue weighted by molar-refractivity contribution is 0.205. The van der Waals surface area contributed by atoms with Gasteiger partial charge in [0, 0.05) is 24.8 Å². The van der Waals surface area contributed by atoms with E-state index in [1.807, 2.05) is 6.20 Å². The van der Waals surface area contributed by atoms with Crippen LogP contribution >= 0.6 is 0 Å². The van der Waals surface area contributed by atoms with Gasteiger partial charge >= 0.3 is 0 Å². The van der Waals surface area contributed by atoms with Crippen molar-refractivity contribution < 1.29 is 0 Å². The molecule has 1 aromatic rings. The number of hydrogen-bond acceptors (Lipinski definition) is 3. The molecule has 0 bridgehead atoms. The number of nitrogens with one attached hydrogen (secondary N) is 1. The summed E-state index contributed by atoms with van der Waals surface area (Å²) in [5.41, 5.74) is 1.36. The highest BCUT2D eigenvalue weighted by atomic mass is 15.2. The third-order valence-electron chi connectivity index (χ3n) is 3.82. The van der Waals surface area contributed by atoms with Crippen LogP contribution in [-0.4, -0.2) is 29.0 Å². The molecular weight excluding hydrogens is 234 g/mol. The molecule has 0 spiro atoms. The highest BCUT2D eigenvalue weighted by Crippen LogP contribution is 2.33. The average molecular weight is 261 g/mol. The van der Waals surface area contributed by atoms with Crippen molar-refractivity contribution >= 4 is 5.82 Å². The minimum atomic E-state index is 0.562. The zero-order chi connectivity index (χ0) is 13.8. The fraction of sp³-hybridized carbons (Fsp3) is 0.688. The third kappa shape index (κ3) is 3.69. The molecule has 3 nitrogen and oxygen atoms in total. The molecule has 0 amide bonds. The van der Waals surface area contributed by atoms with Gasteiger partial charge in [0.15, 0.2) is 0 Å². The number of rotatable bonds is 5. The quantitative estimate of drug-likeness (QED) is 0.876. The zero-order valence-electron chi connectivity index (χ0n) is 12.7. The minimum absolute atomic E-state index is 0.562. The molecule has 3 heteroatoms. The maximum atomic E-state index is 4.55. The van der Waals surface area contributed by atoms with Crippen LogP contribution in [0.5, 0.6) is 0 Å². The summed E-state index contributed by atoms with van der Waals surface area (Å²) in [5, 5.41) is 3.37. The Hall–Kier alpha value is -1.09. The highest BCUT2D eigenvalue weighted by molar-refractivity contribution is 5.36. The normalized spacial score (nSPS) is 20.4. The van der Waals surface area contributed by atoms with Crippen molar-refractivity contribution in [3.63, 3.8) is 0 Å². The molecule has 2 heterocycles. The van der Waals surface area contributed by atoms with E-state index in [1.165, 1.54) is 24.9 Å². The van der Waals surface area contributed by atoms with E-state index in [0.29, 0.717) is 18.0 Å². The first-order valence-electron chi connectivity index (χ1n) is 7.53. The van der Waals surface area contributed by atoms with E-state index in [2.05, 4.69) is 55.0 Å². The molecule has 1 saturated heterocycles. The number of aromatic nitrogens is 1. The zero-order valence-corrected chi connectivity index (χ0v) is 12.7. The minimum Gasteiger partial charge on any atom is -0.370 e. The SMILES string of the molecule is CC(C)CNc1ccc([C@@H]2CCCN2C(C)C)cn1. The lowest BCUT2D eigenvalue weighted by Gasteiger charge is -2.28. The van der Waals surface area contributed by atoms with E-state index in [-0.39, 0.29) is 0 Å². The van der Waals surface area contributed by atoms with E-state index in [1.54, 1.807) is 0 Å². The van der Waals surface area contributed by atoms with Crippen LogP contribution in [0.25, 0.3) is 0 Å². The van der Waals surface area contributed by atoms with Gasteiger partial charge in [-0.15, -0.1) is 0 Å². The Morgan fingerprint density at radius 3 is 2.68 bits per heavy atom. The highest BCUT2D eigenvalue weighted by Gasteiger charge is 2.27. The molecule has 106 valence electrons. The molecule has 0 aromatic carbocycles. The first-order chi connectivity index (χ1) is 9.08. The average Bonchev–Trinajstić information content (AvgIpc) is 2.86. The summed E-state index contributed by atoms with van der Waals surface area (Å²) in [6.07, 6.45) is 4.61. The van der Waals surface area contributed by atoms with Gasteiger partial charge in [0.2, 0.25) is 0 Å². The first kappa shape index (κ1) is 14.3. The topological polar surface area (TPSA) is 28.2 Å². The van der Waals surface area contributed by atoms with Crippen molar-refractivity contribution in [2.24, 2.45) is 5.92 Å². The molecule has 0 radical (unpaired) electrons. The van der Waals surface area contributed by atoms with Gasteiger partial charge in [-0.05, 0) is 50.8 Å². The maximum absolute atomic E-state index is 4.55. The molecule has 1 aliphatic rings. The summed E-state index contributed by atoms with van der Waals surface area (Å²) in [5.74, 6) is 1.64. The van der Waals surface area contributed by atoms with E-state index in [4.69, 9.17) is 0 Å². The molecule has 19 heavy (non-hydrogen) atoms. The lowest BCUT2D eigenvalue weighted by Crippen LogP contribution is -2.30. The molecule has 1 N–H and O–H groups in total. The Labute approximate surface area is 117 Å². The Morgan fingerprint density at radius 1 is 1.32 bits per heavy atom. The van der Waals surface area contributed by atoms with Crippen LogP contribution in [0.4, 0.5) is 5.82 Å². The van der Waals surface area contributed by atoms with Crippen molar-refractivity contribution in [2.45, 2.75) is 52.6 Å². The molecule has 0 unspecified atom stereocenters. The number of pyridine rings is 1. The van der Waals surface area contributed by atoms with Gasteiger partial charge in [-0.1, -0.05) is 19.9 Å². The van der Waals surface area contributed by atoms with Gasteiger partial charge in [0.1, 0.15) is 5.82 Å². The van der Waals surface area contributed by atoms with E-state index >= 15 is 0 Å². The second kappa shape index (κ2) is 6.38. The monoisotopic (exact) mass is 261 g/mol. The predicted octanol–water partition coefficient (Wildman–Crippen LogP) is 3.69. The van der Waals surface area contributed by atoms with E-state index in [9.17, 15) is 0 Å². The second-order valence-corrected chi connectivity index (χ2v) is 6.24. The Morgan fingerprint density at radius 2 is 2.11 bits per heavy atom. The smallest absolute Gasteiger partial charge is 0.125 e. The largest absolute Gasteiger partial charge is 0.370 e. The van der Waals surface area contributed by atoms with Gasteiger partial charge in [-0.3, -0.25) is 4.90 Å². The molecule has 2 rings (SSSR count). The van der Waals surface area contributed by atoms with Crippen LogP contribution in [0.3, 0.4) is 0 Å². The van der Waals surface area contributed by atoms with Gasteiger partial charge in [0.05, 0.1) is 0 Å². The molecule has 0 saturated carbocycles. The third-order valence-corrected chi connectivity index (χ3v) is 3.82. The standard InChI is InChI=1S/C16H27N3/c1-12(2)10-17-16-8-7-14(11-18-16)15-6-5-9-19(15)13(3)4/h7-8,11-13,15H,5-6,9-10H2,1-4H3,(H,17,18)/t15-/m0/s1. The van der Waals surface area contributed by atoms with Gasteiger partial charge in [0.25, 0.3) is 0 Å². The molecule has 0 aliphatic carbocycles. The van der Waals surface area contributed by atoms with Gasteiger partial charge < -0.3 is 5.32 Å². The molecular formula is C16H27N3. The second-order valence-electron chi connectivity index (χ2n) is 6.24. The van der Waals surface area contributed by atoms with Crippen molar-refractivity contribution in [3.05, 3.63) is 23.9 Å². The number of anilines is 1. The van der Waals surface area contributed by atoms with Crippen LogP contribution in [-0.2, 0) is 0 Å². The summed E-state index contributed by atoms with van der Waals surface area (Å²) in [4.78, 5) is 7.13. The molecule has 1 aromatic heterocycles. The van der Waals surface area contributed by atoms with Crippen molar-refractivity contribution in [1.29, 1.82) is 0 Å². The van der Waals surface area contributed by atoms with E-state index in [0.717, 1.165) is 12.4 Å². The van der Waals surface area contributed by atoms with Crippen molar-refractivity contribution in [3.8, 4) is 0 Å². The summed E-state index contributed by atoms with van der Waals surface area (Å²) >= 11 is 0.